The third-order valence-electron chi connectivity index (χ3n) is 4.43. The van der Waals surface area contributed by atoms with E-state index in [0.717, 1.165) is 14.7 Å². The van der Waals surface area contributed by atoms with E-state index in [1.54, 1.807) is 6.08 Å². The van der Waals surface area contributed by atoms with E-state index in [1.165, 1.54) is 24.3 Å². The SMILES string of the molecule is O=C1OC(c2ccc([N+](=O)[O-])cc2)=N/C1=C\c1cccc(OCc2ccc(I)cc2)c1. The van der Waals surface area contributed by atoms with Gasteiger partial charge in [-0.05, 0) is 76.2 Å². The molecule has 0 unspecified atom stereocenters. The highest BCUT2D eigenvalue weighted by atomic mass is 127. The molecule has 1 aliphatic heterocycles. The summed E-state index contributed by atoms with van der Waals surface area (Å²) in [5, 5.41) is 10.8. The van der Waals surface area contributed by atoms with Crippen LogP contribution in [0.25, 0.3) is 6.08 Å². The first-order chi connectivity index (χ1) is 15.0. The van der Waals surface area contributed by atoms with Crippen LogP contribution in [0.4, 0.5) is 5.69 Å². The molecule has 31 heavy (non-hydrogen) atoms. The smallest absolute Gasteiger partial charge is 0.363 e. The summed E-state index contributed by atoms with van der Waals surface area (Å²) in [6.07, 6.45) is 1.61. The van der Waals surface area contributed by atoms with Crippen molar-refractivity contribution in [3.63, 3.8) is 0 Å². The molecule has 0 aliphatic carbocycles. The van der Waals surface area contributed by atoms with Crippen molar-refractivity contribution >= 4 is 46.2 Å². The van der Waals surface area contributed by atoms with Gasteiger partial charge < -0.3 is 9.47 Å². The number of carbonyl (C=O) groups is 1. The number of ether oxygens (including phenoxy) is 2. The van der Waals surface area contributed by atoms with Gasteiger partial charge in [-0.25, -0.2) is 9.79 Å². The highest BCUT2D eigenvalue weighted by Crippen LogP contribution is 2.23. The Morgan fingerprint density at radius 2 is 1.81 bits per heavy atom. The number of cyclic esters (lactones) is 1. The first kappa shape index (κ1) is 20.7. The Labute approximate surface area is 191 Å². The van der Waals surface area contributed by atoms with E-state index in [9.17, 15) is 14.9 Å². The lowest BCUT2D eigenvalue weighted by Gasteiger charge is -2.07. The van der Waals surface area contributed by atoms with E-state index in [-0.39, 0.29) is 17.3 Å². The van der Waals surface area contributed by atoms with Crippen LogP contribution >= 0.6 is 22.6 Å². The fraction of sp³-hybridized carbons (Fsp3) is 0.0435. The Bertz CT molecular complexity index is 1200. The van der Waals surface area contributed by atoms with Crippen molar-refractivity contribution in [2.45, 2.75) is 6.61 Å². The number of benzene rings is 3. The Balaban J connectivity index is 1.49. The van der Waals surface area contributed by atoms with Gasteiger partial charge in [0.2, 0.25) is 5.90 Å². The number of aliphatic imine (C=N–C) groups is 1. The number of halogens is 1. The standard InChI is InChI=1S/C23H15IN2O5/c24-18-8-4-15(5-9-18)14-30-20-3-1-2-16(12-20)13-21-23(27)31-22(25-21)17-6-10-19(11-7-17)26(28)29/h1-13H,14H2/b21-13-. The van der Waals surface area contributed by atoms with E-state index in [0.29, 0.717) is 17.9 Å². The molecule has 1 aliphatic rings. The van der Waals surface area contributed by atoms with Gasteiger partial charge in [0.25, 0.3) is 5.69 Å². The van der Waals surface area contributed by atoms with Gasteiger partial charge in [0.15, 0.2) is 5.70 Å². The summed E-state index contributed by atoms with van der Waals surface area (Å²) in [5.74, 6) is 0.190. The molecule has 0 amide bonds. The zero-order valence-corrected chi connectivity index (χ0v) is 18.2. The van der Waals surface area contributed by atoms with Crippen molar-refractivity contribution in [2.24, 2.45) is 4.99 Å². The Morgan fingerprint density at radius 3 is 2.52 bits per heavy atom. The second-order valence-corrected chi connectivity index (χ2v) is 7.87. The molecule has 0 fully saturated rings. The van der Waals surface area contributed by atoms with Gasteiger partial charge in [-0.3, -0.25) is 10.1 Å². The minimum absolute atomic E-state index is 0.0495. The van der Waals surface area contributed by atoms with Crippen molar-refractivity contribution in [3.05, 3.63) is 109 Å². The first-order valence-electron chi connectivity index (χ1n) is 9.23. The van der Waals surface area contributed by atoms with E-state index in [4.69, 9.17) is 9.47 Å². The van der Waals surface area contributed by atoms with E-state index in [1.807, 2.05) is 48.5 Å². The lowest BCUT2D eigenvalue weighted by Crippen LogP contribution is -2.05. The molecule has 4 rings (SSSR count). The largest absolute Gasteiger partial charge is 0.489 e. The van der Waals surface area contributed by atoms with E-state index >= 15 is 0 Å². The molecule has 0 saturated carbocycles. The maximum atomic E-state index is 12.2. The first-order valence-corrected chi connectivity index (χ1v) is 10.3. The third kappa shape index (κ3) is 5.15. The molecule has 0 spiro atoms. The van der Waals surface area contributed by atoms with Gasteiger partial charge >= 0.3 is 5.97 Å². The summed E-state index contributed by atoms with van der Waals surface area (Å²) in [7, 11) is 0. The molecule has 0 saturated heterocycles. The molecule has 0 bridgehead atoms. The van der Waals surface area contributed by atoms with Gasteiger partial charge in [0, 0.05) is 21.3 Å². The summed E-state index contributed by atoms with van der Waals surface area (Å²) in [4.78, 5) is 26.7. The number of carbonyl (C=O) groups excluding carboxylic acids is 1. The van der Waals surface area contributed by atoms with Crippen molar-refractivity contribution in [3.8, 4) is 5.75 Å². The molecule has 0 radical (unpaired) electrons. The normalized spacial score (nSPS) is 14.3. The van der Waals surface area contributed by atoms with Gasteiger partial charge in [-0.15, -0.1) is 0 Å². The second kappa shape index (κ2) is 9.09. The van der Waals surface area contributed by atoms with E-state index < -0.39 is 10.9 Å². The fourth-order valence-corrected chi connectivity index (χ4v) is 3.22. The number of non-ortho nitro benzene ring substituents is 1. The van der Waals surface area contributed by atoms with Crippen LogP contribution in [0, 0.1) is 13.7 Å². The quantitative estimate of drug-likeness (QED) is 0.146. The van der Waals surface area contributed by atoms with Crippen LogP contribution in [0.3, 0.4) is 0 Å². The maximum absolute atomic E-state index is 12.2. The molecular formula is C23H15IN2O5. The van der Waals surface area contributed by atoms with Gasteiger partial charge in [-0.2, -0.15) is 0 Å². The number of nitrogens with zero attached hydrogens (tertiary/aromatic N) is 2. The highest BCUT2D eigenvalue weighted by molar-refractivity contribution is 14.1. The predicted octanol–water partition coefficient (Wildman–Crippen LogP) is 5.12. The van der Waals surface area contributed by atoms with Crippen molar-refractivity contribution < 1.29 is 19.2 Å². The zero-order valence-electron chi connectivity index (χ0n) is 16.0. The van der Waals surface area contributed by atoms with Crippen molar-refractivity contribution in [1.82, 2.24) is 0 Å². The lowest BCUT2D eigenvalue weighted by molar-refractivity contribution is -0.384. The van der Waals surface area contributed by atoms with Crippen LogP contribution in [0.5, 0.6) is 5.75 Å². The molecule has 1 heterocycles. The summed E-state index contributed by atoms with van der Waals surface area (Å²) in [5.41, 5.74) is 2.37. The third-order valence-corrected chi connectivity index (χ3v) is 5.14. The minimum Gasteiger partial charge on any atom is -0.489 e. The van der Waals surface area contributed by atoms with Crippen LogP contribution in [-0.2, 0) is 16.1 Å². The lowest BCUT2D eigenvalue weighted by atomic mass is 10.2. The van der Waals surface area contributed by atoms with Gasteiger partial charge in [0.05, 0.1) is 4.92 Å². The summed E-state index contributed by atoms with van der Waals surface area (Å²) in [6.45, 7) is 0.432. The molecule has 8 heteroatoms. The second-order valence-electron chi connectivity index (χ2n) is 6.63. The highest BCUT2D eigenvalue weighted by Gasteiger charge is 2.24. The van der Waals surface area contributed by atoms with Crippen LogP contribution in [0.15, 0.2) is 83.5 Å². The minimum atomic E-state index is -0.585. The number of hydrogen-bond donors (Lipinski definition) is 0. The average Bonchev–Trinajstić information content (AvgIpc) is 3.14. The van der Waals surface area contributed by atoms with Crippen LogP contribution in [0.1, 0.15) is 16.7 Å². The fourth-order valence-electron chi connectivity index (χ4n) is 2.86. The van der Waals surface area contributed by atoms with Crippen LogP contribution in [-0.4, -0.2) is 16.8 Å². The molecule has 7 nitrogen and oxygen atoms in total. The molecule has 0 aromatic heterocycles. The van der Waals surface area contributed by atoms with Crippen molar-refractivity contribution in [1.29, 1.82) is 0 Å². The topological polar surface area (TPSA) is 91.0 Å². The molecule has 3 aromatic carbocycles. The number of rotatable bonds is 6. The average molecular weight is 526 g/mol. The summed E-state index contributed by atoms with van der Waals surface area (Å²) in [6, 6.07) is 21.0. The zero-order chi connectivity index (χ0) is 21.8. The number of nitro groups is 1. The molecular weight excluding hydrogens is 511 g/mol. The molecule has 3 aromatic rings. The van der Waals surface area contributed by atoms with Gasteiger partial charge in [-0.1, -0.05) is 24.3 Å². The van der Waals surface area contributed by atoms with E-state index in [2.05, 4.69) is 27.6 Å². The Hall–Kier alpha value is -3.53. The molecule has 154 valence electrons. The molecule has 0 atom stereocenters. The van der Waals surface area contributed by atoms with Crippen molar-refractivity contribution in [2.75, 3.05) is 0 Å². The number of esters is 1. The summed E-state index contributed by atoms with van der Waals surface area (Å²) >= 11 is 2.25. The summed E-state index contributed by atoms with van der Waals surface area (Å²) < 4.78 is 12.2. The number of nitro benzene ring substituents is 1. The van der Waals surface area contributed by atoms with Gasteiger partial charge in [0.1, 0.15) is 12.4 Å². The van der Waals surface area contributed by atoms with Crippen LogP contribution in [0.2, 0.25) is 0 Å². The predicted molar refractivity (Wildman–Crippen MR) is 124 cm³/mol. The van der Waals surface area contributed by atoms with Crippen LogP contribution < -0.4 is 4.74 Å². The Morgan fingerprint density at radius 1 is 1.06 bits per heavy atom. The number of hydrogen-bond acceptors (Lipinski definition) is 6. The Kier molecular flexibility index (Phi) is 6.08. The molecule has 0 N–H and O–H groups in total. The monoisotopic (exact) mass is 526 g/mol. The maximum Gasteiger partial charge on any atom is 0.363 e.